The molecule has 0 saturated heterocycles. The Morgan fingerprint density at radius 3 is 2.84 bits per heavy atom. The number of hydrogen-bond donors (Lipinski definition) is 1. The van der Waals surface area contributed by atoms with Crippen molar-refractivity contribution in [1.29, 1.82) is 0 Å². The average molecular weight is 327 g/mol. The molecule has 0 bridgehead atoms. The van der Waals surface area contributed by atoms with E-state index in [1.54, 1.807) is 16.9 Å². The van der Waals surface area contributed by atoms with Crippen LogP contribution in [0.2, 0.25) is 0 Å². The van der Waals surface area contributed by atoms with E-state index >= 15 is 0 Å². The van der Waals surface area contributed by atoms with Crippen molar-refractivity contribution in [2.24, 2.45) is 7.05 Å². The molecule has 2 rings (SSSR count). The summed E-state index contributed by atoms with van der Waals surface area (Å²) in [6.07, 6.45) is 2.74. The SMILES string of the molecule is CCCNC(c1ccc(F)cc1Br)c1cnnn1C. The smallest absolute Gasteiger partial charge is 0.124 e. The Morgan fingerprint density at radius 1 is 1.47 bits per heavy atom. The van der Waals surface area contributed by atoms with Gasteiger partial charge in [0, 0.05) is 11.5 Å². The molecule has 102 valence electrons. The molecule has 0 aliphatic carbocycles. The van der Waals surface area contributed by atoms with Crippen molar-refractivity contribution < 1.29 is 4.39 Å². The molecule has 1 unspecified atom stereocenters. The van der Waals surface area contributed by atoms with Crippen molar-refractivity contribution in [2.45, 2.75) is 19.4 Å². The number of halogens is 2. The summed E-state index contributed by atoms with van der Waals surface area (Å²) in [4.78, 5) is 0. The fourth-order valence-corrected chi connectivity index (χ4v) is 2.54. The van der Waals surface area contributed by atoms with Gasteiger partial charge < -0.3 is 5.32 Å². The molecule has 0 aliphatic rings. The zero-order chi connectivity index (χ0) is 13.8. The lowest BCUT2D eigenvalue weighted by atomic mass is 10.0. The van der Waals surface area contributed by atoms with E-state index in [0.29, 0.717) is 0 Å². The molecule has 0 amide bonds. The minimum atomic E-state index is -0.256. The topological polar surface area (TPSA) is 42.7 Å². The van der Waals surface area contributed by atoms with Crippen LogP contribution in [-0.2, 0) is 7.05 Å². The van der Waals surface area contributed by atoms with Crippen molar-refractivity contribution >= 4 is 15.9 Å². The molecule has 1 N–H and O–H groups in total. The molecule has 0 aliphatic heterocycles. The number of aromatic nitrogens is 3. The number of nitrogens with one attached hydrogen (secondary N) is 1. The van der Waals surface area contributed by atoms with E-state index < -0.39 is 0 Å². The summed E-state index contributed by atoms with van der Waals surface area (Å²) in [5.41, 5.74) is 1.92. The number of rotatable bonds is 5. The normalized spacial score (nSPS) is 12.6. The molecule has 4 nitrogen and oxygen atoms in total. The minimum absolute atomic E-state index is 0.0603. The molecule has 1 heterocycles. The Hall–Kier alpha value is -1.27. The van der Waals surface area contributed by atoms with Gasteiger partial charge in [-0.25, -0.2) is 4.39 Å². The lowest BCUT2D eigenvalue weighted by Gasteiger charge is -2.20. The second kappa shape index (κ2) is 6.25. The first-order chi connectivity index (χ1) is 9.13. The average Bonchev–Trinajstić information content (AvgIpc) is 2.78. The maximum atomic E-state index is 13.2. The summed E-state index contributed by atoms with van der Waals surface area (Å²) < 4.78 is 15.7. The standard InChI is InChI=1S/C13H16BrFN4/c1-3-6-16-13(12-8-17-18-19(12)2)10-5-4-9(15)7-11(10)14/h4-5,7-8,13,16H,3,6H2,1-2H3. The molecular weight excluding hydrogens is 311 g/mol. The minimum Gasteiger partial charge on any atom is -0.305 e. The van der Waals surface area contributed by atoms with Gasteiger partial charge in [0.2, 0.25) is 0 Å². The maximum Gasteiger partial charge on any atom is 0.124 e. The molecule has 0 saturated carbocycles. The molecule has 2 aromatic rings. The van der Waals surface area contributed by atoms with Crippen LogP contribution in [0.1, 0.15) is 30.6 Å². The lowest BCUT2D eigenvalue weighted by molar-refractivity contribution is 0.547. The Balaban J connectivity index is 2.40. The van der Waals surface area contributed by atoms with Crippen LogP contribution in [0, 0.1) is 5.82 Å². The summed E-state index contributed by atoms with van der Waals surface area (Å²) in [6, 6.07) is 4.65. The number of hydrogen-bond acceptors (Lipinski definition) is 3. The summed E-state index contributed by atoms with van der Waals surface area (Å²) in [7, 11) is 1.85. The van der Waals surface area contributed by atoms with E-state index in [2.05, 4.69) is 38.5 Å². The van der Waals surface area contributed by atoms with Gasteiger partial charge in [-0.1, -0.05) is 34.1 Å². The Bertz CT molecular complexity index is 555. The van der Waals surface area contributed by atoms with Crippen LogP contribution >= 0.6 is 15.9 Å². The van der Waals surface area contributed by atoms with Gasteiger partial charge in [-0.3, -0.25) is 4.68 Å². The van der Waals surface area contributed by atoms with Crippen LogP contribution in [0.5, 0.6) is 0 Å². The third-order valence-corrected chi connectivity index (χ3v) is 3.60. The van der Waals surface area contributed by atoms with E-state index in [1.807, 2.05) is 7.05 Å². The molecule has 6 heteroatoms. The van der Waals surface area contributed by atoms with Crippen molar-refractivity contribution in [1.82, 2.24) is 20.3 Å². The van der Waals surface area contributed by atoms with Gasteiger partial charge in [-0.2, -0.15) is 0 Å². The highest BCUT2D eigenvalue weighted by atomic mass is 79.9. The Morgan fingerprint density at radius 2 is 2.26 bits per heavy atom. The van der Waals surface area contributed by atoms with Crippen molar-refractivity contribution in [3.63, 3.8) is 0 Å². The fourth-order valence-electron chi connectivity index (χ4n) is 1.96. The molecule has 1 atom stereocenters. The predicted octanol–water partition coefficient (Wildman–Crippen LogP) is 2.81. The Kier molecular flexibility index (Phi) is 4.66. The molecule has 0 spiro atoms. The molecule has 1 aromatic carbocycles. The van der Waals surface area contributed by atoms with Crippen LogP contribution in [0.25, 0.3) is 0 Å². The van der Waals surface area contributed by atoms with E-state index in [9.17, 15) is 4.39 Å². The number of benzene rings is 1. The van der Waals surface area contributed by atoms with E-state index in [4.69, 9.17) is 0 Å². The molecular formula is C13H16BrFN4. The number of nitrogens with zero attached hydrogens (tertiary/aromatic N) is 3. The monoisotopic (exact) mass is 326 g/mol. The van der Waals surface area contributed by atoms with Crippen molar-refractivity contribution in [2.75, 3.05) is 6.54 Å². The lowest BCUT2D eigenvalue weighted by Crippen LogP contribution is -2.25. The van der Waals surface area contributed by atoms with Crippen molar-refractivity contribution in [3.8, 4) is 0 Å². The summed E-state index contributed by atoms with van der Waals surface area (Å²) in [6.45, 7) is 2.96. The van der Waals surface area contributed by atoms with Crippen LogP contribution in [0.15, 0.2) is 28.9 Å². The van der Waals surface area contributed by atoms with Gasteiger partial charge in [0.1, 0.15) is 5.82 Å². The van der Waals surface area contributed by atoms with Crippen LogP contribution < -0.4 is 5.32 Å². The highest BCUT2D eigenvalue weighted by molar-refractivity contribution is 9.10. The first-order valence-electron chi connectivity index (χ1n) is 6.16. The molecule has 0 radical (unpaired) electrons. The summed E-state index contributed by atoms with van der Waals surface area (Å²) in [5, 5.41) is 11.3. The van der Waals surface area contributed by atoms with Crippen molar-refractivity contribution in [3.05, 3.63) is 45.9 Å². The highest BCUT2D eigenvalue weighted by Crippen LogP contribution is 2.28. The summed E-state index contributed by atoms with van der Waals surface area (Å²) in [5.74, 6) is -0.256. The highest BCUT2D eigenvalue weighted by Gasteiger charge is 2.19. The van der Waals surface area contributed by atoms with Gasteiger partial charge in [0.25, 0.3) is 0 Å². The first-order valence-corrected chi connectivity index (χ1v) is 6.95. The Labute approximate surface area is 120 Å². The first kappa shape index (κ1) is 14.1. The van der Waals surface area contributed by atoms with Gasteiger partial charge >= 0.3 is 0 Å². The number of aryl methyl sites for hydroxylation is 1. The van der Waals surface area contributed by atoms with E-state index in [-0.39, 0.29) is 11.9 Å². The zero-order valence-electron chi connectivity index (χ0n) is 10.9. The largest absolute Gasteiger partial charge is 0.305 e. The molecule has 19 heavy (non-hydrogen) atoms. The van der Waals surface area contributed by atoms with Gasteiger partial charge in [-0.05, 0) is 30.7 Å². The second-order valence-electron chi connectivity index (χ2n) is 4.34. The molecule has 0 fully saturated rings. The molecule has 1 aromatic heterocycles. The van der Waals surface area contributed by atoms with Gasteiger partial charge in [0.15, 0.2) is 0 Å². The third kappa shape index (κ3) is 3.19. The maximum absolute atomic E-state index is 13.2. The predicted molar refractivity (Wildman–Crippen MR) is 75.2 cm³/mol. The second-order valence-corrected chi connectivity index (χ2v) is 5.19. The summed E-state index contributed by atoms with van der Waals surface area (Å²) >= 11 is 3.42. The van der Waals surface area contributed by atoms with Gasteiger partial charge in [0.05, 0.1) is 17.9 Å². The fraction of sp³-hybridized carbons (Fsp3) is 0.385. The van der Waals surface area contributed by atoms with Crippen LogP contribution in [0.4, 0.5) is 4.39 Å². The van der Waals surface area contributed by atoms with Crippen LogP contribution in [-0.4, -0.2) is 21.5 Å². The zero-order valence-corrected chi connectivity index (χ0v) is 12.5. The van der Waals surface area contributed by atoms with E-state index in [1.165, 1.54) is 12.1 Å². The van der Waals surface area contributed by atoms with Gasteiger partial charge in [-0.15, -0.1) is 5.10 Å². The third-order valence-electron chi connectivity index (χ3n) is 2.92. The quantitative estimate of drug-likeness (QED) is 0.918. The van der Waals surface area contributed by atoms with E-state index in [0.717, 1.165) is 28.7 Å². The van der Waals surface area contributed by atoms with Crippen LogP contribution in [0.3, 0.4) is 0 Å².